The van der Waals surface area contributed by atoms with E-state index in [1.54, 1.807) is 24.5 Å². The Labute approximate surface area is 159 Å². The summed E-state index contributed by atoms with van der Waals surface area (Å²) in [4.78, 5) is 20.0. The number of imidazole rings is 1. The summed E-state index contributed by atoms with van der Waals surface area (Å²) in [5.41, 5.74) is 2.75. The number of thiophene rings is 1. The van der Waals surface area contributed by atoms with E-state index in [0.717, 1.165) is 32.5 Å². The topological polar surface area (TPSA) is 43.6 Å². The minimum Gasteiger partial charge on any atom is -0.497 e. The van der Waals surface area contributed by atoms with Gasteiger partial charge in [-0.15, -0.1) is 22.7 Å². The molecule has 0 amide bonds. The van der Waals surface area contributed by atoms with Crippen molar-refractivity contribution in [2.45, 2.75) is 6.92 Å². The van der Waals surface area contributed by atoms with Crippen LogP contribution in [0.25, 0.3) is 22.3 Å². The predicted octanol–water partition coefficient (Wildman–Crippen LogP) is 5.34. The van der Waals surface area contributed by atoms with Gasteiger partial charge in [-0.25, -0.2) is 4.98 Å². The lowest BCUT2D eigenvalue weighted by Crippen LogP contribution is -1.91. The zero-order chi connectivity index (χ0) is 18.1. The minimum absolute atomic E-state index is 0.00239. The molecule has 4 aromatic rings. The van der Waals surface area contributed by atoms with E-state index in [9.17, 15) is 4.79 Å². The van der Waals surface area contributed by atoms with Crippen molar-refractivity contribution in [2.24, 2.45) is 0 Å². The highest BCUT2D eigenvalue weighted by Crippen LogP contribution is 2.30. The summed E-state index contributed by atoms with van der Waals surface area (Å²) in [6.45, 7) is 2.05. The maximum atomic E-state index is 12.4. The summed E-state index contributed by atoms with van der Waals surface area (Å²) < 4.78 is 7.27. The van der Waals surface area contributed by atoms with Crippen molar-refractivity contribution in [3.05, 3.63) is 69.5 Å². The van der Waals surface area contributed by atoms with Gasteiger partial charge in [0.1, 0.15) is 5.75 Å². The van der Waals surface area contributed by atoms with Crippen LogP contribution >= 0.6 is 22.7 Å². The zero-order valence-corrected chi connectivity index (χ0v) is 15.9. The Kier molecular flexibility index (Phi) is 4.44. The lowest BCUT2D eigenvalue weighted by Gasteiger charge is -2.03. The number of carbonyl (C=O) groups excluding carboxylic acids is 1. The fraction of sp³-hybridized carbons (Fsp3) is 0.100. The third-order valence-corrected chi connectivity index (χ3v) is 5.78. The first-order valence-corrected chi connectivity index (χ1v) is 9.74. The normalized spacial score (nSPS) is 11.5. The summed E-state index contributed by atoms with van der Waals surface area (Å²) in [6, 6.07) is 11.5. The van der Waals surface area contributed by atoms with E-state index < -0.39 is 0 Å². The number of aromatic nitrogens is 2. The third kappa shape index (κ3) is 3.09. The molecule has 0 bridgehead atoms. The second-order valence-electron chi connectivity index (χ2n) is 5.74. The number of hydrogen-bond acceptors (Lipinski definition) is 5. The molecule has 6 heteroatoms. The lowest BCUT2D eigenvalue weighted by atomic mass is 10.1. The van der Waals surface area contributed by atoms with Crippen LogP contribution in [0.3, 0.4) is 0 Å². The molecule has 3 aromatic heterocycles. The monoisotopic (exact) mass is 380 g/mol. The molecule has 0 N–H and O–H groups in total. The van der Waals surface area contributed by atoms with Gasteiger partial charge in [-0.1, -0.05) is 6.07 Å². The van der Waals surface area contributed by atoms with Crippen molar-refractivity contribution in [1.82, 2.24) is 9.38 Å². The molecular formula is C20H16N2O2S2. The van der Waals surface area contributed by atoms with E-state index in [0.29, 0.717) is 0 Å². The molecule has 26 heavy (non-hydrogen) atoms. The van der Waals surface area contributed by atoms with Crippen LogP contribution < -0.4 is 4.74 Å². The number of ether oxygens (including phenoxy) is 1. The molecule has 4 nitrogen and oxygen atoms in total. The summed E-state index contributed by atoms with van der Waals surface area (Å²) in [7, 11) is 1.65. The van der Waals surface area contributed by atoms with Crippen LogP contribution in [0.2, 0.25) is 0 Å². The molecule has 0 saturated heterocycles. The molecule has 0 saturated carbocycles. The van der Waals surface area contributed by atoms with Crippen LogP contribution in [0, 0.1) is 6.92 Å². The second kappa shape index (κ2) is 6.90. The van der Waals surface area contributed by atoms with Gasteiger partial charge in [-0.2, -0.15) is 0 Å². The fourth-order valence-electron chi connectivity index (χ4n) is 2.75. The molecule has 0 spiro atoms. The molecule has 1 aromatic carbocycles. The molecule has 0 unspecified atom stereocenters. The molecule has 0 aliphatic heterocycles. The SMILES string of the molecule is COc1ccc(-c2nc3sc(C)cn3c2C=CC(=O)c2cccs2)cc1. The second-order valence-corrected chi connectivity index (χ2v) is 7.90. The summed E-state index contributed by atoms with van der Waals surface area (Å²) >= 11 is 3.08. The van der Waals surface area contributed by atoms with E-state index in [4.69, 9.17) is 9.72 Å². The van der Waals surface area contributed by atoms with Crippen molar-refractivity contribution < 1.29 is 9.53 Å². The average Bonchev–Trinajstić information content (AvgIpc) is 3.36. The smallest absolute Gasteiger partial charge is 0.195 e. The van der Waals surface area contributed by atoms with Crippen LogP contribution in [-0.4, -0.2) is 22.3 Å². The van der Waals surface area contributed by atoms with Gasteiger partial charge in [0.05, 0.1) is 23.4 Å². The Morgan fingerprint density at radius 2 is 2.04 bits per heavy atom. The summed E-state index contributed by atoms with van der Waals surface area (Å²) in [5.74, 6) is 0.804. The van der Waals surface area contributed by atoms with Gasteiger partial charge < -0.3 is 4.74 Å². The quantitative estimate of drug-likeness (QED) is 0.347. The standard InChI is InChI=1S/C20H16N2O2S2/c1-13-12-22-16(9-10-17(23)18-4-3-11-25-18)19(21-20(22)26-13)14-5-7-15(24-2)8-6-14/h3-12H,1-2H3. The Hall–Kier alpha value is -2.70. The maximum absolute atomic E-state index is 12.4. The summed E-state index contributed by atoms with van der Waals surface area (Å²) in [6.07, 6.45) is 5.53. The van der Waals surface area contributed by atoms with E-state index >= 15 is 0 Å². The van der Waals surface area contributed by atoms with E-state index in [1.807, 2.05) is 52.3 Å². The van der Waals surface area contributed by atoms with Gasteiger partial charge in [0, 0.05) is 16.6 Å². The number of hydrogen-bond donors (Lipinski definition) is 0. The first kappa shape index (κ1) is 16.8. The first-order chi connectivity index (χ1) is 12.7. The molecule has 0 aliphatic rings. The molecule has 0 atom stereocenters. The number of methoxy groups -OCH3 is 1. The number of carbonyl (C=O) groups is 1. The van der Waals surface area contributed by atoms with Gasteiger partial charge in [-0.3, -0.25) is 9.20 Å². The molecule has 0 fully saturated rings. The number of ketones is 1. The van der Waals surface area contributed by atoms with Gasteiger partial charge in [-0.05, 0) is 54.8 Å². The Balaban J connectivity index is 1.79. The predicted molar refractivity (Wildman–Crippen MR) is 107 cm³/mol. The highest BCUT2D eigenvalue weighted by molar-refractivity contribution is 7.17. The van der Waals surface area contributed by atoms with Gasteiger partial charge in [0.2, 0.25) is 0 Å². The number of aryl methyl sites for hydroxylation is 1. The van der Waals surface area contributed by atoms with Crippen LogP contribution in [0.1, 0.15) is 20.2 Å². The number of nitrogens with zero attached hydrogens (tertiary/aromatic N) is 2. The lowest BCUT2D eigenvalue weighted by molar-refractivity contribution is 0.105. The first-order valence-electron chi connectivity index (χ1n) is 8.04. The molecular weight excluding hydrogens is 364 g/mol. The van der Waals surface area contributed by atoms with Gasteiger partial charge in [0.25, 0.3) is 0 Å². The van der Waals surface area contributed by atoms with Crippen LogP contribution in [0.15, 0.2) is 54.1 Å². The van der Waals surface area contributed by atoms with Crippen LogP contribution in [0.4, 0.5) is 0 Å². The Morgan fingerprint density at radius 3 is 2.73 bits per heavy atom. The number of thiazole rings is 1. The van der Waals surface area contributed by atoms with Crippen LogP contribution in [-0.2, 0) is 0 Å². The number of allylic oxidation sites excluding steroid dienone is 1. The molecule has 0 aliphatic carbocycles. The minimum atomic E-state index is 0.00239. The van der Waals surface area contributed by atoms with Crippen molar-refractivity contribution in [2.75, 3.05) is 7.11 Å². The van der Waals surface area contributed by atoms with Crippen LogP contribution in [0.5, 0.6) is 5.75 Å². The highest BCUT2D eigenvalue weighted by Gasteiger charge is 2.15. The molecule has 3 heterocycles. The summed E-state index contributed by atoms with van der Waals surface area (Å²) in [5, 5.41) is 1.91. The molecule has 0 radical (unpaired) electrons. The molecule has 4 rings (SSSR count). The van der Waals surface area contributed by atoms with E-state index in [-0.39, 0.29) is 5.78 Å². The van der Waals surface area contributed by atoms with E-state index in [1.165, 1.54) is 16.2 Å². The third-order valence-electron chi connectivity index (χ3n) is 4.00. The number of rotatable bonds is 5. The van der Waals surface area contributed by atoms with Crippen molar-refractivity contribution in [3.8, 4) is 17.0 Å². The Morgan fingerprint density at radius 1 is 1.23 bits per heavy atom. The van der Waals surface area contributed by atoms with Crippen molar-refractivity contribution >= 4 is 39.5 Å². The fourth-order valence-corrected chi connectivity index (χ4v) is 4.23. The molecule has 130 valence electrons. The van der Waals surface area contributed by atoms with Gasteiger partial charge >= 0.3 is 0 Å². The van der Waals surface area contributed by atoms with E-state index in [2.05, 4.69) is 13.1 Å². The number of benzene rings is 1. The highest BCUT2D eigenvalue weighted by atomic mass is 32.1. The van der Waals surface area contributed by atoms with Crippen molar-refractivity contribution in [1.29, 1.82) is 0 Å². The van der Waals surface area contributed by atoms with Crippen molar-refractivity contribution in [3.63, 3.8) is 0 Å². The zero-order valence-electron chi connectivity index (χ0n) is 14.3. The largest absolute Gasteiger partial charge is 0.497 e. The van der Waals surface area contributed by atoms with Gasteiger partial charge in [0.15, 0.2) is 10.7 Å². The number of fused-ring (bicyclic) bond motifs is 1. The average molecular weight is 380 g/mol. The maximum Gasteiger partial charge on any atom is 0.195 e. The Bertz CT molecular complexity index is 1090.